The zero-order chi connectivity index (χ0) is 22.3. The van der Waals surface area contributed by atoms with Crippen LogP contribution in [0, 0.1) is 0 Å². The van der Waals surface area contributed by atoms with E-state index in [9.17, 15) is 9.59 Å². The molecule has 0 fully saturated rings. The summed E-state index contributed by atoms with van der Waals surface area (Å²) in [5.41, 5.74) is 4.42. The van der Waals surface area contributed by atoms with Gasteiger partial charge in [-0.25, -0.2) is 0 Å². The van der Waals surface area contributed by atoms with Gasteiger partial charge in [0.1, 0.15) is 5.75 Å². The van der Waals surface area contributed by atoms with Crippen molar-refractivity contribution in [3.63, 3.8) is 0 Å². The number of hydrogen-bond acceptors (Lipinski definition) is 3. The molecule has 0 radical (unpaired) electrons. The van der Waals surface area contributed by atoms with Crippen molar-refractivity contribution in [1.82, 2.24) is 5.32 Å². The van der Waals surface area contributed by atoms with E-state index in [-0.39, 0.29) is 24.5 Å². The maximum atomic E-state index is 12.9. The minimum Gasteiger partial charge on any atom is -0.483 e. The average Bonchev–Trinajstić information content (AvgIpc) is 2.83. The van der Waals surface area contributed by atoms with Gasteiger partial charge in [-0.2, -0.15) is 0 Å². The summed E-state index contributed by atoms with van der Waals surface area (Å²) in [6.07, 6.45) is 4.38. The van der Waals surface area contributed by atoms with Crippen LogP contribution in [-0.2, 0) is 17.6 Å². The van der Waals surface area contributed by atoms with Crippen LogP contribution in [0.4, 0.5) is 5.69 Å². The first kappa shape index (κ1) is 21.6. The zero-order valence-corrected chi connectivity index (χ0v) is 18.3. The number of hydrogen-bond donors (Lipinski definition) is 2. The molecule has 0 heterocycles. The van der Waals surface area contributed by atoms with Crippen molar-refractivity contribution < 1.29 is 14.3 Å². The molecule has 4 rings (SSSR count). The van der Waals surface area contributed by atoms with E-state index < -0.39 is 0 Å². The highest BCUT2D eigenvalue weighted by Crippen LogP contribution is 2.29. The van der Waals surface area contributed by atoms with Crippen LogP contribution in [0.25, 0.3) is 0 Å². The molecule has 0 unspecified atom stereocenters. The number of para-hydroxylation sites is 1. The van der Waals surface area contributed by atoms with Gasteiger partial charge < -0.3 is 15.4 Å². The summed E-state index contributed by atoms with van der Waals surface area (Å²) in [4.78, 5) is 25.5. The SMILES string of the molecule is C[C@@H](NC(=O)c1ccccc1NC(=O)COc1cccc2c1CCCC2)c1ccccc1. The standard InChI is InChI=1S/C27H28N2O3/c1-19(20-10-3-2-4-11-20)28-27(31)23-15-7-8-16-24(23)29-26(30)18-32-25-17-9-13-21-12-5-6-14-22(21)25/h2-4,7-11,13,15-17,19H,5-6,12,14,18H2,1H3,(H,28,31)(H,29,30)/t19-/m1/s1. The predicted octanol–water partition coefficient (Wildman–Crippen LogP) is 5.07. The molecular weight excluding hydrogens is 400 g/mol. The average molecular weight is 429 g/mol. The van der Waals surface area contributed by atoms with Gasteiger partial charge in [-0.15, -0.1) is 0 Å². The number of aryl methyl sites for hydroxylation is 1. The van der Waals surface area contributed by atoms with E-state index >= 15 is 0 Å². The molecule has 5 heteroatoms. The molecule has 164 valence electrons. The van der Waals surface area contributed by atoms with Crippen LogP contribution in [0.2, 0.25) is 0 Å². The lowest BCUT2D eigenvalue weighted by molar-refractivity contribution is -0.118. The van der Waals surface area contributed by atoms with Crippen molar-refractivity contribution in [1.29, 1.82) is 0 Å². The van der Waals surface area contributed by atoms with E-state index in [0.29, 0.717) is 11.3 Å². The summed E-state index contributed by atoms with van der Waals surface area (Å²) in [5, 5.41) is 5.83. The Morgan fingerprint density at radius 3 is 2.50 bits per heavy atom. The second kappa shape index (κ2) is 10.1. The highest BCUT2D eigenvalue weighted by atomic mass is 16.5. The van der Waals surface area contributed by atoms with Crippen LogP contribution in [0.5, 0.6) is 5.75 Å². The number of rotatable bonds is 7. The molecule has 0 aliphatic heterocycles. The lowest BCUT2D eigenvalue weighted by Crippen LogP contribution is -2.28. The molecule has 0 saturated heterocycles. The van der Waals surface area contributed by atoms with Gasteiger partial charge in [0.15, 0.2) is 6.61 Å². The van der Waals surface area contributed by atoms with Gasteiger partial charge in [-0.3, -0.25) is 9.59 Å². The highest BCUT2D eigenvalue weighted by molar-refractivity contribution is 6.04. The van der Waals surface area contributed by atoms with Crippen molar-refractivity contribution >= 4 is 17.5 Å². The van der Waals surface area contributed by atoms with E-state index in [2.05, 4.69) is 16.7 Å². The Kier molecular flexibility index (Phi) is 6.85. The Hall–Kier alpha value is -3.60. The van der Waals surface area contributed by atoms with E-state index in [1.54, 1.807) is 24.3 Å². The molecule has 0 saturated carbocycles. The second-order valence-corrected chi connectivity index (χ2v) is 8.09. The normalized spacial score (nSPS) is 13.5. The Bertz CT molecular complexity index is 1100. The van der Waals surface area contributed by atoms with Crippen LogP contribution in [-0.4, -0.2) is 18.4 Å². The number of anilines is 1. The highest BCUT2D eigenvalue weighted by Gasteiger charge is 2.17. The first-order valence-electron chi connectivity index (χ1n) is 11.1. The third-order valence-corrected chi connectivity index (χ3v) is 5.80. The molecule has 0 aromatic heterocycles. The minimum absolute atomic E-state index is 0.104. The molecular formula is C27H28N2O3. The number of carbonyl (C=O) groups is 2. The van der Waals surface area contributed by atoms with E-state index in [4.69, 9.17) is 4.74 Å². The fraction of sp³-hybridized carbons (Fsp3) is 0.259. The van der Waals surface area contributed by atoms with Gasteiger partial charge >= 0.3 is 0 Å². The van der Waals surface area contributed by atoms with Gasteiger partial charge in [0.05, 0.1) is 17.3 Å². The van der Waals surface area contributed by atoms with E-state index in [1.807, 2.05) is 49.4 Å². The summed E-state index contributed by atoms with van der Waals surface area (Å²) in [5.74, 6) is 0.241. The quantitative estimate of drug-likeness (QED) is 0.552. The summed E-state index contributed by atoms with van der Waals surface area (Å²) in [6.45, 7) is 1.83. The number of benzene rings is 3. The van der Waals surface area contributed by atoms with Gasteiger partial charge in [0.25, 0.3) is 11.8 Å². The van der Waals surface area contributed by atoms with Gasteiger partial charge in [0, 0.05) is 0 Å². The van der Waals surface area contributed by atoms with Crippen LogP contribution in [0.1, 0.15) is 52.9 Å². The predicted molar refractivity (Wildman–Crippen MR) is 126 cm³/mol. The van der Waals surface area contributed by atoms with E-state index in [0.717, 1.165) is 30.6 Å². The number of nitrogens with one attached hydrogen (secondary N) is 2. The van der Waals surface area contributed by atoms with Crippen LogP contribution in [0.15, 0.2) is 72.8 Å². The Morgan fingerprint density at radius 2 is 1.66 bits per heavy atom. The molecule has 5 nitrogen and oxygen atoms in total. The summed E-state index contributed by atoms with van der Waals surface area (Å²) in [6, 6.07) is 22.6. The van der Waals surface area contributed by atoms with Crippen molar-refractivity contribution in [2.75, 3.05) is 11.9 Å². The third kappa shape index (κ3) is 5.17. The fourth-order valence-corrected chi connectivity index (χ4v) is 4.10. The second-order valence-electron chi connectivity index (χ2n) is 8.09. The van der Waals surface area contributed by atoms with Gasteiger partial charge in [-0.05, 0) is 67.5 Å². The smallest absolute Gasteiger partial charge is 0.262 e. The monoisotopic (exact) mass is 428 g/mol. The Balaban J connectivity index is 1.40. The number of carbonyl (C=O) groups excluding carboxylic acids is 2. The van der Waals surface area contributed by atoms with E-state index in [1.165, 1.54) is 17.5 Å². The summed E-state index contributed by atoms with van der Waals surface area (Å²) >= 11 is 0. The zero-order valence-electron chi connectivity index (χ0n) is 18.3. The maximum Gasteiger partial charge on any atom is 0.262 e. The summed E-state index contributed by atoms with van der Waals surface area (Å²) in [7, 11) is 0. The Labute approximate surface area is 188 Å². The largest absolute Gasteiger partial charge is 0.483 e. The fourth-order valence-electron chi connectivity index (χ4n) is 4.10. The molecule has 3 aromatic rings. The van der Waals surface area contributed by atoms with Crippen LogP contribution < -0.4 is 15.4 Å². The van der Waals surface area contributed by atoms with Gasteiger partial charge in [-0.1, -0.05) is 54.6 Å². The molecule has 0 spiro atoms. The molecule has 1 aliphatic carbocycles. The molecule has 32 heavy (non-hydrogen) atoms. The van der Waals surface area contributed by atoms with Crippen molar-refractivity contribution in [2.24, 2.45) is 0 Å². The number of amides is 2. The van der Waals surface area contributed by atoms with Crippen LogP contribution in [0.3, 0.4) is 0 Å². The van der Waals surface area contributed by atoms with Crippen molar-refractivity contribution in [3.8, 4) is 5.75 Å². The first-order chi connectivity index (χ1) is 15.6. The minimum atomic E-state index is -0.297. The Morgan fingerprint density at radius 1 is 0.906 bits per heavy atom. The molecule has 3 aromatic carbocycles. The first-order valence-corrected chi connectivity index (χ1v) is 11.1. The molecule has 2 amide bonds. The molecule has 1 aliphatic rings. The van der Waals surface area contributed by atoms with Crippen LogP contribution >= 0.6 is 0 Å². The molecule has 1 atom stereocenters. The molecule has 0 bridgehead atoms. The number of ether oxygens (including phenoxy) is 1. The topological polar surface area (TPSA) is 67.4 Å². The lowest BCUT2D eigenvalue weighted by atomic mass is 9.91. The molecule has 2 N–H and O–H groups in total. The van der Waals surface area contributed by atoms with Gasteiger partial charge in [0.2, 0.25) is 0 Å². The van der Waals surface area contributed by atoms with Crippen molar-refractivity contribution in [3.05, 3.63) is 95.1 Å². The summed E-state index contributed by atoms with van der Waals surface area (Å²) < 4.78 is 5.85. The lowest BCUT2D eigenvalue weighted by Gasteiger charge is -2.19. The third-order valence-electron chi connectivity index (χ3n) is 5.80. The van der Waals surface area contributed by atoms with Crippen molar-refractivity contribution in [2.45, 2.75) is 38.6 Å². The maximum absolute atomic E-state index is 12.9. The number of fused-ring (bicyclic) bond motifs is 1.